The Labute approximate surface area is 109 Å². The first-order chi connectivity index (χ1) is 8.69. The number of aromatic nitrogens is 1. The van der Waals surface area contributed by atoms with Crippen molar-refractivity contribution in [3.05, 3.63) is 72.4 Å². The topological polar surface area (TPSA) is 25.2 Å². The molecule has 0 fully saturated rings. The number of hydrogen-bond acceptors (Lipinski definition) is 2. The molecule has 0 aromatic carbocycles. The molecule has 0 saturated carbocycles. The summed E-state index contributed by atoms with van der Waals surface area (Å²) in [6.07, 6.45) is 7.06. The van der Waals surface area contributed by atoms with Crippen molar-refractivity contribution in [2.45, 2.75) is 13.8 Å². The van der Waals surface area contributed by atoms with Crippen molar-refractivity contribution in [2.75, 3.05) is 0 Å². The van der Waals surface area contributed by atoms with Crippen molar-refractivity contribution in [3.63, 3.8) is 0 Å². The minimum atomic E-state index is 0.341. The molecule has 0 amide bonds. The third-order valence-corrected chi connectivity index (χ3v) is 2.39. The highest BCUT2D eigenvalue weighted by molar-refractivity contribution is 5.78. The molecule has 0 N–H and O–H groups in total. The van der Waals surface area contributed by atoms with Crippen LogP contribution in [0.2, 0.25) is 0 Å². The van der Waals surface area contributed by atoms with Crippen LogP contribution in [0, 0.1) is 5.92 Å². The zero-order valence-electron chi connectivity index (χ0n) is 10.9. The van der Waals surface area contributed by atoms with Gasteiger partial charge in [-0.25, -0.2) is 0 Å². The molecule has 0 bridgehead atoms. The van der Waals surface area contributed by atoms with E-state index in [0.717, 1.165) is 17.0 Å². The van der Waals surface area contributed by atoms with Gasteiger partial charge >= 0.3 is 0 Å². The lowest BCUT2D eigenvalue weighted by Gasteiger charge is -2.08. The minimum absolute atomic E-state index is 0.341. The average molecular weight is 238 g/mol. The van der Waals surface area contributed by atoms with Crippen molar-refractivity contribution >= 4 is 6.21 Å². The lowest BCUT2D eigenvalue weighted by molar-refractivity contribution is 0.782. The molecule has 0 atom stereocenters. The third kappa shape index (κ3) is 4.00. The summed E-state index contributed by atoms with van der Waals surface area (Å²) in [4.78, 5) is 8.62. The molecule has 0 radical (unpaired) electrons. The summed E-state index contributed by atoms with van der Waals surface area (Å²) in [5.41, 5.74) is 5.50. The zero-order valence-corrected chi connectivity index (χ0v) is 10.9. The Morgan fingerprint density at radius 1 is 1.44 bits per heavy atom. The maximum atomic E-state index is 4.43. The number of hydrogen-bond donors (Lipinski definition) is 0. The summed E-state index contributed by atoms with van der Waals surface area (Å²) in [5.74, 6) is 0.341. The van der Waals surface area contributed by atoms with Gasteiger partial charge in [0.15, 0.2) is 0 Å². The van der Waals surface area contributed by atoms with Crippen molar-refractivity contribution in [1.29, 1.82) is 0 Å². The van der Waals surface area contributed by atoms with E-state index in [2.05, 4.69) is 42.7 Å². The molecule has 0 unspecified atom stereocenters. The van der Waals surface area contributed by atoms with Crippen molar-refractivity contribution in [3.8, 4) is 0 Å². The smallest absolute Gasteiger partial charge is 0.0812 e. The van der Waals surface area contributed by atoms with Crippen molar-refractivity contribution < 1.29 is 0 Å². The van der Waals surface area contributed by atoms with Crippen LogP contribution in [0.3, 0.4) is 0 Å². The Morgan fingerprint density at radius 2 is 2.22 bits per heavy atom. The first-order valence-corrected chi connectivity index (χ1v) is 5.86. The fourth-order valence-corrected chi connectivity index (χ4v) is 1.48. The second-order valence-electron chi connectivity index (χ2n) is 4.06. The SMILES string of the molecule is C=C=C/C(=C(\C=C)N=Cc1ccccn1)C(C)C. The number of allylic oxidation sites excluding steroid dienone is 3. The predicted octanol–water partition coefficient (Wildman–Crippen LogP) is 3.94. The van der Waals surface area contributed by atoms with Gasteiger partial charge in [0, 0.05) is 6.20 Å². The molecule has 0 aliphatic rings. The lowest BCUT2D eigenvalue weighted by Crippen LogP contribution is -1.95. The summed E-state index contributed by atoms with van der Waals surface area (Å²) in [7, 11) is 0. The van der Waals surface area contributed by atoms with Gasteiger partial charge in [-0.3, -0.25) is 9.98 Å². The van der Waals surface area contributed by atoms with Crippen LogP contribution in [0.15, 0.2) is 71.7 Å². The van der Waals surface area contributed by atoms with Gasteiger partial charge in [0.1, 0.15) is 0 Å². The van der Waals surface area contributed by atoms with Gasteiger partial charge in [-0.15, -0.1) is 5.73 Å². The van der Waals surface area contributed by atoms with Crippen molar-refractivity contribution in [2.24, 2.45) is 10.9 Å². The fourth-order valence-electron chi connectivity index (χ4n) is 1.48. The molecule has 0 aliphatic carbocycles. The average Bonchev–Trinajstić information content (AvgIpc) is 2.39. The minimum Gasteiger partial charge on any atom is -0.255 e. The molecule has 0 aliphatic heterocycles. The molecule has 1 aromatic heterocycles. The molecular formula is C16H18N2. The number of aliphatic imine (C=N–C) groups is 1. The Morgan fingerprint density at radius 3 is 2.72 bits per heavy atom. The second kappa shape index (κ2) is 7.21. The van der Waals surface area contributed by atoms with Gasteiger partial charge < -0.3 is 0 Å². The van der Waals surface area contributed by atoms with Crippen molar-refractivity contribution in [1.82, 2.24) is 4.98 Å². The Hall–Kier alpha value is -2.18. The van der Waals surface area contributed by atoms with E-state index in [4.69, 9.17) is 0 Å². The van der Waals surface area contributed by atoms with Crippen LogP contribution in [0.25, 0.3) is 0 Å². The van der Waals surface area contributed by atoms with Crippen LogP contribution < -0.4 is 0 Å². The monoisotopic (exact) mass is 238 g/mol. The third-order valence-electron chi connectivity index (χ3n) is 2.39. The lowest BCUT2D eigenvalue weighted by atomic mass is 10.0. The van der Waals surface area contributed by atoms with E-state index in [9.17, 15) is 0 Å². The molecule has 0 saturated heterocycles. The standard InChI is InChI=1S/C16H18N2/c1-5-9-15(13(3)4)16(6-2)18-12-14-10-7-8-11-17-14/h6-13H,1-2H2,3-4H3/b16-15-,18-12?. The van der Waals surface area contributed by atoms with Gasteiger partial charge in [-0.1, -0.05) is 33.1 Å². The Bertz CT molecular complexity index is 501. The van der Waals surface area contributed by atoms with E-state index >= 15 is 0 Å². The molecule has 92 valence electrons. The normalized spacial score (nSPS) is 12.2. The molecule has 1 rings (SSSR count). The van der Waals surface area contributed by atoms with Crippen LogP contribution in [0.1, 0.15) is 19.5 Å². The largest absolute Gasteiger partial charge is 0.255 e. The van der Waals surface area contributed by atoms with E-state index in [1.54, 1.807) is 18.5 Å². The van der Waals surface area contributed by atoms with E-state index < -0.39 is 0 Å². The van der Waals surface area contributed by atoms with Gasteiger partial charge in [0.2, 0.25) is 0 Å². The number of pyridine rings is 1. The number of nitrogens with zero attached hydrogens (tertiary/aromatic N) is 2. The fraction of sp³-hybridized carbons (Fsp3) is 0.188. The van der Waals surface area contributed by atoms with Crippen LogP contribution in [-0.4, -0.2) is 11.2 Å². The highest BCUT2D eigenvalue weighted by Gasteiger charge is 2.04. The quantitative estimate of drug-likeness (QED) is 0.433. The molecule has 2 heteroatoms. The van der Waals surface area contributed by atoms with E-state index in [1.807, 2.05) is 24.3 Å². The summed E-state index contributed by atoms with van der Waals surface area (Å²) >= 11 is 0. The molecular weight excluding hydrogens is 220 g/mol. The summed E-state index contributed by atoms with van der Waals surface area (Å²) < 4.78 is 0. The molecule has 1 heterocycles. The summed E-state index contributed by atoms with van der Waals surface area (Å²) in [6.45, 7) is 11.6. The van der Waals surface area contributed by atoms with Gasteiger partial charge in [0.25, 0.3) is 0 Å². The zero-order chi connectivity index (χ0) is 13.4. The maximum absolute atomic E-state index is 4.43. The van der Waals surface area contributed by atoms with Gasteiger partial charge in [0.05, 0.1) is 17.6 Å². The highest BCUT2D eigenvalue weighted by Crippen LogP contribution is 2.18. The first-order valence-electron chi connectivity index (χ1n) is 5.86. The Kier molecular flexibility index (Phi) is 5.56. The Balaban J connectivity index is 3.10. The first kappa shape index (κ1) is 13.9. The van der Waals surface area contributed by atoms with Crippen LogP contribution in [0.4, 0.5) is 0 Å². The summed E-state index contributed by atoms with van der Waals surface area (Å²) in [5, 5.41) is 0. The summed E-state index contributed by atoms with van der Waals surface area (Å²) in [6, 6.07) is 5.71. The van der Waals surface area contributed by atoms with Crippen LogP contribution in [-0.2, 0) is 0 Å². The van der Waals surface area contributed by atoms with Gasteiger partial charge in [-0.05, 0) is 35.8 Å². The van der Waals surface area contributed by atoms with E-state index in [0.29, 0.717) is 5.92 Å². The molecule has 0 spiro atoms. The molecule has 18 heavy (non-hydrogen) atoms. The maximum Gasteiger partial charge on any atom is 0.0812 e. The number of rotatable bonds is 5. The van der Waals surface area contributed by atoms with Gasteiger partial charge in [-0.2, -0.15) is 0 Å². The van der Waals surface area contributed by atoms with E-state index in [1.165, 1.54) is 0 Å². The van der Waals surface area contributed by atoms with Crippen LogP contribution >= 0.6 is 0 Å². The second-order valence-corrected chi connectivity index (χ2v) is 4.06. The molecule has 2 nitrogen and oxygen atoms in total. The van der Waals surface area contributed by atoms with Crippen LogP contribution in [0.5, 0.6) is 0 Å². The molecule has 1 aromatic rings. The predicted molar refractivity (Wildman–Crippen MR) is 77.6 cm³/mol. The van der Waals surface area contributed by atoms with E-state index in [-0.39, 0.29) is 0 Å². The highest BCUT2D eigenvalue weighted by atomic mass is 14.8.